The summed E-state index contributed by atoms with van der Waals surface area (Å²) < 4.78 is 53.3. The molecule has 0 atom stereocenters. The molecular weight excluding hydrogens is 433 g/mol. The van der Waals surface area contributed by atoms with Crippen LogP contribution in [0.5, 0.6) is 5.75 Å². The number of rotatable bonds is 6. The van der Waals surface area contributed by atoms with E-state index in [0.717, 1.165) is 0 Å². The maximum absolute atomic E-state index is 15.2. The van der Waals surface area contributed by atoms with Gasteiger partial charge in [0.15, 0.2) is 5.82 Å². The van der Waals surface area contributed by atoms with Crippen molar-refractivity contribution in [2.75, 3.05) is 18.9 Å². The van der Waals surface area contributed by atoms with Gasteiger partial charge in [0.1, 0.15) is 10.6 Å². The van der Waals surface area contributed by atoms with E-state index in [1.54, 1.807) is 30.3 Å². The predicted molar refractivity (Wildman–Crippen MR) is 112 cm³/mol. The number of ether oxygens (including phenoxy) is 2. The van der Waals surface area contributed by atoms with Crippen molar-refractivity contribution >= 4 is 33.3 Å². The minimum absolute atomic E-state index is 0.00531. The lowest BCUT2D eigenvalue weighted by molar-refractivity contribution is 0.0600. The molecule has 0 aromatic heterocycles. The average Bonchev–Trinajstić information content (AvgIpc) is 2.73. The lowest BCUT2D eigenvalue weighted by Crippen LogP contribution is -2.16. The van der Waals surface area contributed by atoms with Gasteiger partial charge in [-0.05, 0) is 35.9 Å². The summed E-state index contributed by atoms with van der Waals surface area (Å²) in [5.74, 6) is -1.55. The van der Waals surface area contributed by atoms with Crippen LogP contribution in [0.2, 0.25) is 5.02 Å². The molecule has 6 nitrogen and oxygen atoms in total. The van der Waals surface area contributed by atoms with E-state index in [1.165, 1.54) is 44.6 Å². The molecule has 0 aliphatic heterocycles. The van der Waals surface area contributed by atoms with Crippen molar-refractivity contribution in [1.29, 1.82) is 0 Å². The Labute approximate surface area is 178 Å². The van der Waals surface area contributed by atoms with Crippen LogP contribution in [-0.4, -0.2) is 28.6 Å². The lowest BCUT2D eigenvalue weighted by atomic mass is 10.1. The van der Waals surface area contributed by atoms with Crippen LogP contribution in [-0.2, 0) is 14.8 Å². The number of esters is 1. The zero-order valence-electron chi connectivity index (χ0n) is 16.0. The molecule has 3 rings (SSSR count). The second-order valence-corrected chi connectivity index (χ2v) is 8.14. The maximum atomic E-state index is 15.2. The van der Waals surface area contributed by atoms with Crippen molar-refractivity contribution < 1.29 is 27.1 Å². The van der Waals surface area contributed by atoms with Crippen LogP contribution < -0.4 is 9.46 Å². The Morgan fingerprint density at radius 2 is 1.73 bits per heavy atom. The summed E-state index contributed by atoms with van der Waals surface area (Å²) in [4.78, 5) is 11.0. The van der Waals surface area contributed by atoms with Gasteiger partial charge in [0, 0.05) is 5.56 Å². The molecule has 0 amide bonds. The van der Waals surface area contributed by atoms with E-state index >= 15 is 4.39 Å². The van der Waals surface area contributed by atoms with Crippen molar-refractivity contribution in [2.24, 2.45) is 0 Å². The van der Waals surface area contributed by atoms with E-state index in [0.29, 0.717) is 5.56 Å². The first-order valence-corrected chi connectivity index (χ1v) is 10.5. The minimum atomic E-state index is -4.43. The van der Waals surface area contributed by atoms with Gasteiger partial charge in [-0.15, -0.1) is 0 Å². The first-order chi connectivity index (χ1) is 14.3. The van der Waals surface area contributed by atoms with Gasteiger partial charge in [0.25, 0.3) is 10.0 Å². The number of nitrogens with one attached hydrogen (secondary N) is 1. The van der Waals surface area contributed by atoms with Gasteiger partial charge < -0.3 is 9.47 Å². The normalized spacial score (nSPS) is 11.1. The van der Waals surface area contributed by atoms with Gasteiger partial charge in [-0.25, -0.2) is 17.6 Å². The summed E-state index contributed by atoms with van der Waals surface area (Å²) in [6.07, 6.45) is 0. The number of halogens is 2. The van der Waals surface area contributed by atoms with Crippen molar-refractivity contribution in [3.63, 3.8) is 0 Å². The number of carbonyl (C=O) groups excluding carboxylic acids is 1. The summed E-state index contributed by atoms with van der Waals surface area (Å²) in [5, 5.41) is -0.273. The van der Waals surface area contributed by atoms with Gasteiger partial charge in [-0.2, -0.15) is 0 Å². The highest BCUT2D eigenvalue weighted by Gasteiger charge is 2.27. The van der Waals surface area contributed by atoms with E-state index in [9.17, 15) is 13.2 Å². The van der Waals surface area contributed by atoms with Gasteiger partial charge in [0.2, 0.25) is 0 Å². The molecule has 30 heavy (non-hydrogen) atoms. The number of sulfonamides is 1. The number of benzene rings is 3. The van der Waals surface area contributed by atoms with Crippen LogP contribution in [0.4, 0.5) is 10.1 Å². The second-order valence-electron chi connectivity index (χ2n) is 6.12. The Morgan fingerprint density at radius 3 is 2.37 bits per heavy atom. The highest BCUT2D eigenvalue weighted by Crippen LogP contribution is 2.35. The third kappa shape index (κ3) is 4.24. The Morgan fingerprint density at radius 1 is 1.03 bits per heavy atom. The van der Waals surface area contributed by atoms with Crippen LogP contribution in [0, 0.1) is 5.82 Å². The molecule has 0 spiro atoms. The largest absolute Gasteiger partial charge is 0.495 e. The van der Waals surface area contributed by atoms with E-state index in [2.05, 4.69) is 9.46 Å². The lowest BCUT2D eigenvalue weighted by Gasteiger charge is -2.15. The molecule has 0 saturated heterocycles. The van der Waals surface area contributed by atoms with Gasteiger partial charge in [-0.1, -0.05) is 41.9 Å². The van der Waals surface area contributed by atoms with Crippen molar-refractivity contribution in [1.82, 2.24) is 0 Å². The average molecular weight is 450 g/mol. The summed E-state index contributed by atoms with van der Waals surface area (Å²) >= 11 is 6.05. The highest BCUT2D eigenvalue weighted by molar-refractivity contribution is 7.92. The quantitative estimate of drug-likeness (QED) is 0.549. The smallest absolute Gasteiger partial charge is 0.337 e. The standard InChI is InChI=1S/C21H17ClFNO5S/c1-28-18-12-14(21(25)29-2)8-11-17(18)24-30(26,27)20-16(22)10-9-15(19(20)23)13-6-4-3-5-7-13/h3-12,24H,1-2H3. The van der Waals surface area contributed by atoms with Gasteiger partial charge in [-0.3, -0.25) is 4.72 Å². The molecule has 1 N–H and O–H groups in total. The molecular formula is C21H17ClFNO5S. The fourth-order valence-electron chi connectivity index (χ4n) is 2.84. The Bertz CT molecular complexity index is 1200. The number of carbonyl (C=O) groups is 1. The SMILES string of the molecule is COC(=O)c1ccc(NS(=O)(=O)c2c(Cl)ccc(-c3ccccc3)c2F)c(OC)c1. The van der Waals surface area contributed by atoms with E-state index in [1.807, 2.05) is 0 Å². The van der Waals surface area contributed by atoms with Gasteiger partial charge >= 0.3 is 5.97 Å². The van der Waals surface area contributed by atoms with E-state index < -0.39 is 26.7 Å². The van der Waals surface area contributed by atoms with Crippen LogP contribution >= 0.6 is 11.6 Å². The Balaban J connectivity index is 2.06. The molecule has 0 unspecified atom stereocenters. The van der Waals surface area contributed by atoms with Crippen molar-refractivity contribution in [3.8, 4) is 16.9 Å². The third-order valence-corrected chi connectivity index (χ3v) is 6.12. The number of hydrogen-bond acceptors (Lipinski definition) is 5. The molecule has 3 aromatic rings. The Hall–Kier alpha value is -3.10. The predicted octanol–water partition coefficient (Wildman–Crippen LogP) is 4.74. The van der Waals surface area contributed by atoms with Crippen LogP contribution in [0.25, 0.3) is 11.1 Å². The monoisotopic (exact) mass is 449 g/mol. The van der Waals surface area contributed by atoms with E-state index in [4.69, 9.17) is 16.3 Å². The molecule has 9 heteroatoms. The fraction of sp³-hybridized carbons (Fsp3) is 0.0952. The van der Waals surface area contributed by atoms with Crippen LogP contribution in [0.15, 0.2) is 65.6 Å². The Kier molecular flexibility index (Phi) is 6.28. The molecule has 0 aliphatic rings. The zero-order valence-corrected chi connectivity index (χ0v) is 17.6. The second kappa shape index (κ2) is 8.73. The molecule has 0 radical (unpaired) electrons. The van der Waals surface area contributed by atoms with Gasteiger partial charge in [0.05, 0.1) is 30.5 Å². The molecule has 3 aromatic carbocycles. The summed E-state index contributed by atoms with van der Waals surface area (Å²) in [7, 11) is -1.91. The summed E-state index contributed by atoms with van der Waals surface area (Å²) in [6.45, 7) is 0. The fourth-order valence-corrected chi connectivity index (χ4v) is 4.52. The number of anilines is 1. The highest BCUT2D eigenvalue weighted by atomic mass is 35.5. The minimum Gasteiger partial charge on any atom is -0.495 e. The third-order valence-electron chi connectivity index (χ3n) is 4.27. The zero-order chi connectivity index (χ0) is 21.9. The number of hydrogen-bond donors (Lipinski definition) is 1. The van der Waals surface area contributed by atoms with Crippen molar-refractivity contribution in [2.45, 2.75) is 4.90 Å². The molecule has 0 saturated carbocycles. The maximum Gasteiger partial charge on any atom is 0.337 e. The summed E-state index contributed by atoms with van der Waals surface area (Å²) in [5.41, 5.74) is 0.759. The molecule has 0 heterocycles. The van der Waals surface area contributed by atoms with E-state index in [-0.39, 0.29) is 27.6 Å². The molecule has 0 fully saturated rings. The molecule has 156 valence electrons. The first-order valence-electron chi connectivity index (χ1n) is 8.61. The number of methoxy groups -OCH3 is 2. The van der Waals surface area contributed by atoms with Crippen LogP contribution in [0.3, 0.4) is 0 Å². The summed E-state index contributed by atoms with van der Waals surface area (Å²) in [6, 6.07) is 15.2. The molecule has 0 bridgehead atoms. The molecule has 0 aliphatic carbocycles. The topological polar surface area (TPSA) is 81.7 Å². The van der Waals surface area contributed by atoms with Crippen molar-refractivity contribution in [3.05, 3.63) is 77.1 Å². The first kappa shape index (κ1) is 21.6. The van der Waals surface area contributed by atoms with Crippen LogP contribution in [0.1, 0.15) is 10.4 Å².